The second-order valence-corrected chi connectivity index (χ2v) is 6.31. The van der Waals surface area contributed by atoms with Crippen molar-refractivity contribution in [3.8, 4) is 28.8 Å². The largest absolute Gasteiger partial charge is 0.497 e. The van der Waals surface area contributed by atoms with Crippen molar-refractivity contribution in [3.05, 3.63) is 65.5 Å². The Morgan fingerprint density at radius 1 is 0.962 bits per heavy atom. The number of methoxy groups -OCH3 is 1. The van der Waals surface area contributed by atoms with E-state index < -0.39 is 11.6 Å². The number of thiophene rings is 1. The summed E-state index contributed by atoms with van der Waals surface area (Å²) in [6.45, 7) is 0. The van der Waals surface area contributed by atoms with Gasteiger partial charge in [-0.2, -0.15) is 4.98 Å². The molecule has 0 amide bonds. The van der Waals surface area contributed by atoms with E-state index in [1.54, 1.807) is 19.2 Å². The molecule has 0 radical (unpaired) electrons. The summed E-state index contributed by atoms with van der Waals surface area (Å²) in [5, 5.41) is 1.85. The van der Waals surface area contributed by atoms with E-state index in [-0.39, 0.29) is 11.6 Å². The van der Waals surface area contributed by atoms with Gasteiger partial charge in [-0.1, -0.05) is 0 Å². The van der Waals surface area contributed by atoms with Crippen molar-refractivity contribution in [3.63, 3.8) is 0 Å². The predicted molar refractivity (Wildman–Crippen MR) is 95.8 cm³/mol. The molecule has 0 aliphatic carbocycles. The minimum Gasteiger partial charge on any atom is -0.497 e. The van der Waals surface area contributed by atoms with E-state index in [0.29, 0.717) is 16.0 Å². The third-order valence-corrected chi connectivity index (χ3v) is 4.61. The lowest BCUT2D eigenvalue weighted by atomic mass is 10.2. The predicted octanol–water partition coefficient (Wildman–Crippen LogP) is 5.44. The Balaban J connectivity index is 1.79. The zero-order chi connectivity index (χ0) is 18.1. The Bertz CT molecular complexity index is 1080. The number of nitrogens with zero attached hydrogens (tertiary/aromatic N) is 2. The molecule has 26 heavy (non-hydrogen) atoms. The number of aromatic nitrogens is 2. The molecule has 4 nitrogen and oxygen atoms in total. The average Bonchev–Trinajstić information content (AvgIpc) is 3.13. The molecule has 2 aromatic heterocycles. The van der Waals surface area contributed by atoms with Crippen LogP contribution in [0.2, 0.25) is 0 Å². The number of rotatable bonds is 4. The highest BCUT2D eigenvalue weighted by molar-refractivity contribution is 7.17. The summed E-state index contributed by atoms with van der Waals surface area (Å²) in [6.07, 6.45) is 0. The van der Waals surface area contributed by atoms with E-state index in [2.05, 4.69) is 9.97 Å². The Hall–Kier alpha value is -3.06. The minimum absolute atomic E-state index is 0.0968. The van der Waals surface area contributed by atoms with Gasteiger partial charge in [0.2, 0.25) is 5.88 Å². The van der Waals surface area contributed by atoms with Crippen LogP contribution in [0.3, 0.4) is 0 Å². The summed E-state index contributed by atoms with van der Waals surface area (Å²) in [5.41, 5.74) is 1.46. The van der Waals surface area contributed by atoms with Gasteiger partial charge in [0, 0.05) is 11.6 Å². The Morgan fingerprint density at radius 3 is 2.50 bits per heavy atom. The van der Waals surface area contributed by atoms with Crippen molar-refractivity contribution in [1.82, 2.24) is 9.97 Å². The van der Waals surface area contributed by atoms with Crippen LogP contribution in [0.5, 0.6) is 17.4 Å². The van der Waals surface area contributed by atoms with Crippen LogP contribution in [0.4, 0.5) is 8.78 Å². The first-order valence-corrected chi connectivity index (χ1v) is 8.54. The van der Waals surface area contributed by atoms with Gasteiger partial charge in [-0.05, 0) is 47.8 Å². The van der Waals surface area contributed by atoms with Gasteiger partial charge < -0.3 is 9.47 Å². The van der Waals surface area contributed by atoms with Crippen LogP contribution in [0.1, 0.15) is 0 Å². The third kappa shape index (κ3) is 3.09. The molecule has 0 aliphatic rings. The lowest BCUT2D eigenvalue weighted by molar-refractivity contribution is 0.415. The maximum atomic E-state index is 14.0. The number of hydrogen-bond acceptors (Lipinski definition) is 5. The molecule has 0 saturated heterocycles. The van der Waals surface area contributed by atoms with Crippen molar-refractivity contribution in [2.24, 2.45) is 0 Å². The zero-order valence-corrected chi connectivity index (χ0v) is 14.4. The molecule has 0 fully saturated rings. The van der Waals surface area contributed by atoms with E-state index in [1.807, 2.05) is 23.6 Å². The van der Waals surface area contributed by atoms with Gasteiger partial charge in [0.15, 0.2) is 17.4 Å². The van der Waals surface area contributed by atoms with Gasteiger partial charge in [-0.25, -0.2) is 13.8 Å². The lowest BCUT2D eigenvalue weighted by Gasteiger charge is -2.09. The van der Waals surface area contributed by atoms with Crippen LogP contribution in [-0.4, -0.2) is 17.1 Å². The number of benzene rings is 2. The second-order valence-electron chi connectivity index (χ2n) is 5.39. The first kappa shape index (κ1) is 16.4. The van der Waals surface area contributed by atoms with E-state index in [0.717, 1.165) is 23.4 Å². The van der Waals surface area contributed by atoms with E-state index in [4.69, 9.17) is 9.47 Å². The molecular formula is C19H12F2N2O2S. The second kappa shape index (κ2) is 6.68. The average molecular weight is 370 g/mol. The van der Waals surface area contributed by atoms with Crippen LogP contribution in [0.15, 0.2) is 53.9 Å². The lowest BCUT2D eigenvalue weighted by Crippen LogP contribution is -1.96. The molecule has 0 N–H and O–H groups in total. The Morgan fingerprint density at radius 2 is 1.77 bits per heavy atom. The normalized spacial score (nSPS) is 10.9. The molecule has 0 atom stereocenters. The quantitative estimate of drug-likeness (QED) is 0.480. The molecule has 2 heterocycles. The summed E-state index contributed by atoms with van der Waals surface area (Å²) in [4.78, 5) is 8.96. The van der Waals surface area contributed by atoms with Crippen LogP contribution >= 0.6 is 11.3 Å². The van der Waals surface area contributed by atoms with Crippen molar-refractivity contribution >= 4 is 21.6 Å². The molecular weight excluding hydrogens is 358 g/mol. The summed E-state index contributed by atoms with van der Waals surface area (Å²) in [5.74, 6) is -0.176. The first-order chi connectivity index (χ1) is 12.6. The van der Waals surface area contributed by atoms with Gasteiger partial charge in [-0.3, -0.25) is 0 Å². The SMILES string of the molecule is COc1ccc(-c2nc(Oc3ccc(F)cc3F)c3sccc3n2)cc1. The van der Waals surface area contributed by atoms with E-state index in [9.17, 15) is 8.78 Å². The van der Waals surface area contributed by atoms with Gasteiger partial charge in [0.25, 0.3) is 0 Å². The molecule has 0 unspecified atom stereocenters. The fraction of sp³-hybridized carbons (Fsp3) is 0.0526. The fourth-order valence-electron chi connectivity index (χ4n) is 2.44. The summed E-state index contributed by atoms with van der Waals surface area (Å²) in [6, 6.07) is 12.2. The molecule has 0 aliphatic heterocycles. The zero-order valence-electron chi connectivity index (χ0n) is 13.6. The molecule has 0 bridgehead atoms. The third-order valence-electron chi connectivity index (χ3n) is 3.72. The summed E-state index contributed by atoms with van der Waals surface area (Å²) < 4.78 is 38.5. The Kier molecular flexibility index (Phi) is 4.22. The van der Waals surface area contributed by atoms with Gasteiger partial charge in [0.05, 0.1) is 12.6 Å². The fourth-order valence-corrected chi connectivity index (χ4v) is 3.19. The highest BCUT2D eigenvalue weighted by Gasteiger charge is 2.15. The highest BCUT2D eigenvalue weighted by Crippen LogP contribution is 2.34. The maximum absolute atomic E-state index is 14.0. The monoisotopic (exact) mass is 370 g/mol. The standard InChI is InChI=1S/C19H12F2N2O2S/c1-24-13-5-2-11(3-6-13)18-22-15-8-9-26-17(15)19(23-18)25-16-7-4-12(20)10-14(16)21/h2-10H,1H3. The molecule has 0 saturated carbocycles. The van der Waals surface area contributed by atoms with Gasteiger partial charge in [0.1, 0.15) is 16.3 Å². The number of ether oxygens (including phenoxy) is 2. The van der Waals surface area contributed by atoms with Crippen molar-refractivity contribution in [1.29, 1.82) is 0 Å². The molecule has 2 aromatic carbocycles. The molecule has 0 spiro atoms. The summed E-state index contributed by atoms with van der Waals surface area (Å²) >= 11 is 1.39. The van der Waals surface area contributed by atoms with Crippen LogP contribution in [-0.2, 0) is 0 Å². The summed E-state index contributed by atoms with van der Waals surface area (Å²) in [7, 11) is 1.59. The van der Waals surface area contributed by atoms with Crippen LogP contribution < -0.4 is 9.47 Å². The molecule has 4 rings (SSSR count). The van der Waals surface area contributed by atoms with Crippen LogP contribution in [0, 0.1) is 11.6 Å². The number of hydrogen-bond donors (Lipinski definition) is 0. The smallest absolute Gasteiger partial charge is 0.241 e. The first-order valence-electron chi connectivity index (χ1n) is 7.66. The van der Waals surface area contributed by atoms with Crippen molar-refractivity contribution in [2.45, 2.75) is 0 Å². The van der Waals surface area contributed by atoms with Crippen molar-refractivity contribution < 1.29 is 18.3 Å². The topological polar surface area (TPSA) is 44.2 Å². The van der Waals surface area contributed by atoms with E-state index >= 15 is 0 Å². The molecule has 4 aromatic rings. The van der Waals surface area contributed by atoms with Crippen LogP contribution in [0.25, 0.3) is 21.6 Å². The highest BCUT2D eigenvalue weighted by atomic mass is 32.1. The number of halogens is 2. The maximum Gasteiger partial charge on any atom is 0.241 e. The number of fused-ring (bicyclic) bond motifs is 1. The van der Waals surface area contributed by atoms with Crippen molar-refractivity contribution in [2.75, 3.05) is 7.11 Å². The Labute approximate surface area is 151 Å². The molecule has 7 heteroatoms. The minimum atomic E-state index is -0.792. The van der Waals surface area contributed by atoms with E-state index in [1.165, 1.54) is 17.4 Å². The molecule has 130 valence electrons. The van der Waals surface area contributed by atoms with Gasteiger partial charge in [-0.15, -0.1) is 11.3 Å². The van der Waals surface area contributed by atoms with Gasteiger partial charge >= 0.3 is 0 Å².